The Labute approximate surface area is 110 Å². The van der Waals surface area contributed by atoms with Crippen molar-refractivity contribution in [2.45, 2.75) is 8.66 Å². The smallest absolute Gasteiger partial charge is 0.0919 e. The van der Waals surface area contributed by atoms with Gasteiger partial charge in [-0.05, 0) is 11.5 Å². The maximum Gasteiger partial charge on any atom is 0.0919 e. The van der Waals surface area contributed by atoms with Crippen molar-refractivity contribution in [3.63, 3.8) is 0 Å². The van der Waals surface area contributed by atoms with Crippen molar-refractivity contribution in [3.8, 4) is 0 Å². The van der Waals surface area contributed by atoms with E-state index in [0.717, 1.165) is 23.0 Å². The molecular weight excluding hydrogens is 276 g/mol. The SMILES string of the molecule is SCCSCC1(SCCS)SC1S. The number of thiol groups is 3. The van der Waals surface area contributed by atoms with Crippen LogP contribution >= 0.6 is 73.2 Å². The summed E-state index contributed by atoms with van der Waals surface area (Å²) in [6.07, 6.45) is 0. The van der Waals surface area contributed by atoms with E-state index in [1.807, 2.05) is 35.3 Å². The lowest BCUT2D eigenvalue weighted by molar-refractivity contribution is 1.14. The van der Waals surface area contributed by atoms with Crippen LogP contribution in [-0.2, 0) is 0 Å². The Balaban J connectivity index is 2.17. The highest BCUT2D eigenvalue weighted by Crippen LogP contribution is 2.64. The minimum atomic E-state index is 0.388. The zero-order chi connectivity index (χ0) is 9.73. The van der Waals surface area contributed by atoms with Crippen LogP contribution < -0.4 is 0 Å². The summed E-state index contributed by atoms with van der Waals surface area (Å²) in [7, 11) is 0. The Morgan fingerprint density at radius 2 is 1.85 bits per heavy atom. The predicted molar refractivity (Wildman–Crippen MR) is 80.6 cm³/mol. The third-order valence-corrected chi connectivity index (χ3v) is 8.50. The van der Waals surface area contributed by atoms with Gasteiger partial charge in [0.15, 0.2) is 0 Å². The first-order chi connectivity index (χ1) is 6.25. The van der Waals surface area contributed by atoms with Gasteiger partial charge < -0.3 is 0 Å². The minimum Gasteiger partial charge on any atom is -0.179 e. The summed E-state index contributed by atoms with van der Waals surface area (Å²) in [5.41, 5.74) is 0. The third-order valence-electron chi connectivity index (χ3n) is 1.61. The lowest BCUT2D eigenvalue weighted by Gasteiger charge is -2.12. The third kappa shape index (κ3) is 4.23. The van der Waals surface area contributed by atoms with Gasteiger partial charge >= 0.3 is 0 Å². The van der Waals surface area contributed by atoms with Gasteiger partial charge in [0.1, 0.15) is 0 Å². The Morgan fingerprint density at radius 1 is 1.23 bits per heavy atom. The van der Waals surface area contributed by atoms with E-state index in [-0.39, 0.29) is 0 Å². The number of thioether (sulfide) groups is 3. The molecule has 0 spiro atoms. The van der Waals surface area contributed by atoms with Crippen molar-refractivity contribution >= 4 is 73.2 Å². The Bertz CT molecular complexity index is 152. The second-order valence-electron chi connectivity index (χ2n) is 2.63. The van der Waals surface area contributed by atoms with Crippen LogP contribution in [0.5, 0.6) is 0 Å². The van der Waals surface area contributed by atoms with Crippen molar-refractivity contribution < 1.29 is 0 Å². The Hall–Kier alpha value is 2.10. The lowest BCUT2D eigenvalue weighted by Crippen LogP contribution is -2.12. The number of hydrogen-bond donors (Lipinski definition) is 3. The molecule has 1 fully saturated rings. The molecule has 0 aromatic rings. The molecule has 0 aromatic heterocycles. The minimum absolute atomic E-state index is 0.388. The van der Waals surface area contributed by atoms with Gasteiger partial charge in [0.25, 0.3) is 0 Å². The topological polar surface area (TPSA) is 0 Å². The van der Waals surface area contributed by atoms with Crippen molar-refractivity contribution in [1.82, 2.24) is 0 Å². The maximum atomic E-state index is 4.52. The van der Waals surface area contributed by atoms with Crippen molar-refractivity contribution in [3.05, 3.63) is 0 Å². The fourth-order valence-electron chi connectivity index (χ4n) is 0.905. The van der Waals surface area contributed by atoms with Crippen LogP contribution in [0.3, 0.4) is 0 Å². The molecule has 13 heavy (non-hydrogen) atoms. The number of rotatable bonds is 7. The van der Waals surface area contributed by atoms with Gasteiger partial charge in [0.2, 0.25) is 0 Å². The molecule has 6 heteroatoms. The first-order valence-electron chi connectivity index (χ1n) is 4.04. The molecule has 0 N–H and O–H groups in total. The highest BCUT2D eigenvalue weighted by atomic mass is 32.2. The van der Waals surface area contributed by atoms with Crippen LogP contribution in [0.2, 0.25) is 0 Å². The normalized spacial score (nSPS) is 32.1. The summed E-state index contributed by atoms with van der Waals surface area (Å²) in [6, 6.07) is 0. The van der Waals surface area contributed by atoms with E-state index in [1.165, 1.54) is 5.75 Å². The standard InChI is InChI=1S/C7H14S6/c8-1-3-11-5-7(6(10)13-7)12-4-2-9/h6,8-10H,1-5H2. The number of hydrogen-bond acceptors (Lipinski definition) is 6. The Kier molecular flexibility index (Phi) is 6.72. The Morgan fingerprint density at radius 3 is 2.31 bits per heavy atom. The molecule has 1 saturated heterocycles. The van der Waals surface area contributed by atoms with Gasteiger partial charge in [-0.1, -0.05) is 0 Å². The summed E-state index contributed by atoms with van der Waals surface area (Å²) >= 11 is 18.9. The molecule has 0 saturated carbocycles. The first-order valence-corrected chi connectivity index (χ1v) is 8.84. The van der Waals surface area contributed by atoms with Crippen molar-refractivity contribution in [2.24, 2.45) is 0 Å². The zero-order valence-corrected chi connectivity index (χ0v) is 12.3. The van der Waals surface area contributed by atoms with Crippen LogP contribution in [0, 0.1) is 0 Å². The quantitative estimate of drug-likeness (QED) is 0.375. The molecule has 0 nitrogen and oxygen atoms in total. The highest BCUT2D eigenvalue weighted by molar-refractivity contribution is 8.31. The van der Waals surface area contributed by atoms with Crippen molar-refractivity contribution in [2.75, 3.05) is 28.8 Å². The molecule has 0 amide bonds. The molecule has 1 aliphatic heterocycles. The zero-order valence-electron chi connectivity index (χ0n) is 7.18. The molecule has 1 heterocycles. The van der Waals surface area contributed by atoms with Gasteiger partial charge in [-0.25, -0.2) is 0 Å². The second kappa shape index (κ2) is 6.63. The van der Waals surface area contributed by atoms with Gasteiger partial charge in [-0.15, -0.1) is 23.5 Å². The predicted octanol–water partition coefficient (Wildman–Crippen LogP) is 3.01. The molecule has 0 bridgehead atoms. The summed E-state index contributed by atoms with van der Waals surface area (Å²) in [5.74, 6) is 5.41. The maximum absolute atomic E-state index is 4.52. The van der Waals surface area contributed by atoms with Gasteiger partial charge in [0.05, 0.1) is 8.66 Å². The highest BCUT2D eigenvalue weighted by Gasteiger charge is 2.53. The molecular formula is C7H14S6. The van der Waals surface area contributed by atoms with E-state index >= 15 is 0 Å². The second-order valence-corrected chi connectivity index (χ2v) is 8.62. The molecule has 0 aromatic carbocycles. The van der Waals surface area contributed by atoms with Crippen LogP contribution in [0.4, 0.5) is 0 Å². The largest absolute Gasteiger partial charge is 0.179 e. The van der Waals surface area contributed by atoms with Crippen LogP contribution in [0.25, 0.3) is 0 Å². The van der Waals surface area contributed by atoms with E-state index in [9.17, 15) is 0 Å². The fourth-order valence-corrected chi connectivity index (χ4v) is 6.71. The molecule has 1 rings (SSSR count). The van der Waals surface area contributed by atoms with E-state index < -0.39 is 0 Å². The molecule has 1 aliphatic rings. The molecule has 0 aliphatic carbocycles. The molecule has 78 valence electrons. The summed E-state index contributed by atoms with van der Waals surface area (Å²) < 4.78 is 0.921. The van der Waals surface area contributed by atoms with Crippen molar-refractivity contribution in [1.29, 1.82) is 0 Å². The van der Waals surface area contributed by atoms with E-state index in [0.29, 0.717) is 8.66 Å². The summed E-state index contributed by atoms with van der Waals surface area (Å²) in [6.45, 7) is 0. The van der Waals surface area contributed by atoms with E-state index in [2.05, 4.69) is 37.9 Å². The fraction of sp³-hybridized carbons (Fsp3) is 1.00. The summed E-state index contributed by atoms with van der Waals surface area (Å²) in [5, 5.41) is 0. The van der Waals surface area contributed by atoms with Gasteiger partial charge in [-0.3, -0.25) is 0 Å². The monoisotopic (exact) mass is 290 g/mol. The lowest BCUT2D eigenvalue weighted by atomic mass is 10.5. The van der Waals surface area contributed by atoms with Gasteiger partial charge in [0, 0.05) is 17.3 Å². The average molecular weight is 291 g/mol. The van der Waals surface area contributed by atoms with Gasteiger partial charge in [-0.2, -0.15) is 49.6 Å². The van der Waals surface area contributed by atoms with E-state index in [4.69, 9.17) is 0 Å². The van der Waals surface area contributed by atoms with Crippen LogP contribution in [0.1, 0.15) is 0 Å². The van der Waals surface area contributed by atoms with Crippen LogP contribution in [-0.4, -0.2) is 37.4 Å². The first kappa shape index (κ1) is 13.2. The van der Waals surface area contributed by atoms with E-state index in [1.54, 1.807) is 0 Å². The molecule has 2 atom stereocenters. The molecule has 2 unspecified atom stereocenters. The molecule has 0 radical (unpaired) electrons. The average Bonchev–Trinajstić information content (AvgIpc) is 2.75. The van der Waals surface area contributed by atoms with Crippen LogP contribution in [0.15, 0.2) is 0 Å². The summed E-state index contributed by atoms with van der Waals surface area (Å²) in [4.78, 5) is 0.